The second-order valence-corrected chi connectivity index (χ2v) is 6.36. The second kappa shape index (κ2) is 7.07. The monoisotopic (exact) mass is 329 g/mol. The smallest absolute Gasteiger partial charge is 0.233 e. The number of hydrogen-bond donors (Lipinski definition) is 1. The van der Waals surface area contributed by atoms with Crippen LogP contribution in [0, 0.1) is 0 Å². The second-order valence-electron chi connectivity index (χ2n) is 4.13. The van der Waals surface area contributed by atoms with Gasteiger partial charge in [0.15, 0.2) is 0 Å². The summed E-state index contributed by atoms with van der Waals surface area (Å²) in [5.41, 5.74) is 0. The quantitative estimate of drug-likeness (QED) is 0.827. The van der Waals surface area contributed by atoms with Crippen LogP contribution in [0.15, 0.2) is 45.9 Å². The third-order valence-corrected chi connectivity index (χ3v) is 4.42. The van der Waals surface area contributed by atoms with E-state index in [0.29, 0.717) is 16.6 Å². The normalized spacial score (nSPS) is 12.2. The van der Waals surface area contributed by atoms with Crippen LogP contribution in [0.4, 0.5) is 0 Å². The zero-order valence-corrected chi connectivity index (χ0v) is 13.1. The zero-order chi connectivity index (χ0) is 14.5. The number of rotatable bonds is 5. The highest BCUT2D eigenvalue weighted by atomic mass is 35.5. The predicted octanol–water partition coefficient (Wildman–Crippen LogP) is 4.38. The molecule has 0 radical (unpaired) electrons. The van der Waals surface area contributed by atoms with Gasteiger partial charge < -0.3 is 9.73 Å². The molecule has 1 atom stereocenters. The molecule has 0 saturated heterocycles. The van der Waals surface area contributed by atoms with Crippen molar-refractivity contribution in [1.29, 1.82) is 0 Å². The van der Waals surface area contributed by atoms with Crippen molar-refractivity contribution in [2.45, 2.75) is 23.6 Å². The van der Waals surface area contributed by atoms with E-state index < -0.39 is 0 Å². The lowest BCUT2D eigenvalue weighted by atomic mass is 10.4. The van der Waals surface area contributed by atoms with Gasteiger partial charge in [0, 0.05) is 9.92 Å². The Morgan fingerprint density at radius 3 is 2.90 bits per heavy atom. The summed E-state index contributed by atoms with van der Waals surface area (Å²) in [6.07, 6.45) is 1.57. The maximum Gasteiger partial charge on any atom is 0.233 e. The number of thioether (sulfide) groups is 1. The van der Waals surface area contributed by atoms with Crippen molar-refractivity contribution in [1.82, 2.24) is 5.32 Å². The van der Waals surface area contributed by atoms with Gasteiger partial charge in [-0.05, 0) is 37.3 Å². The molecule has 1 N–H and O–H groups in total. The fraction of sp³-hybridized carbons (Fsp3) is 0.214. The van der Waals surface area contributed by atoms with E-state index in [2.05, 4.69) is 5.32 Å². The van der Waals surface area contributed by atoms with Crippen molar-refractivity contribution >= 4 is 40.9 Å². The zero-order valence-electron chi connectivity index (χ0n) is 10.7. The van der Waals surface area contributed by atoms with Crippen LogP contribution in [-0.4, -0.2) is 11.2 Å². The summed E-state index contributed by atoms with van der Waals surface area (Å²) in [6.45, 7) is 2.19. The van der Waals surface area contributed by atoms with Gasteiger partial charge >= 0.3 is 0 Å². The Morgan fingerprint density at radius 1 is 1.40 bits per heavy atom. The van der Waals surface area contributed by atoms with Gasteiger partial charge in [0.25, 0.3) is 0 Å². The Labute approximate surface area is 131 Å². The molecule has 0 fully saturated rings. The van der Waals surface area contributed by atoms with Gasteiger partial charge in [-0.3, -0.25) is 4.79 Å². The highest BCUT2D eigenvalue weighted by molar-refractivity contribution is 8.00. The SMILES string of the molecule is C[C@H](Sc1cc(Cl)ccc1Cl)C(=O)NCc1ccco1. The van der Waals surface area contributed by atoms with E-state index in [0.717, 1.165) is 10.7 Å². The van der Waals surface area contributed by atoms with Crippen LogP contribution in [0.1, 0.15) is 12.7 Å². The van der Waals surface area contributed by atoms with Crippen molar-refractivity contribution in [3.05, 3.63) is 52.4 Å². The Kier molecular flexibility index (Phi) is 5.40. The Morgan fingerprint density at radius 2 is 2.20 bits per heavy atom. The fourth-order valence-electron chi connectivity index (χ4n) is 1.54. The molecule has 0 aliphatic carbocycles. The van der Waals surface area contributed by atoms with Crippen LogP contribution in [0.5, 0.6) is 0 Å². The molecule has 2 rings (SSSR count). The molecule has 0 bridgehead atoms. The van der Waals surface area contributed by atoms with Crippen molar-refractivity contribution in [2.75, 3.05) is 0 Å². The summed E-state index contributed by atoms with van der Waals surface area (Å²) >= 11 is 13.4. The lowest BCUT2D eigenvalue weighted by Crippen LogP contribution is -2.30. The average Bonchev–Trinajstić information content (AvgIpc) is 2.93. The molecule has 106 valence electrons. The molecule has 20 heavy (non-hydrogen) atoms. The molecule has 0 spiro atoms. The minimum Gasteiger partial charge on any atom is -0.467 e. The summed E-state index contributed by atoms with van der Waals surface area (Å²) in [6, 6.07) is 8.79. The molecule has 1 aromatic carbocycles. The van der Waals surface area contributed by atoms with Crippen LogP contribution >= 0.6 is 35.0 Å². The van der Waals surface area contributed by atoms with E-state index in [-0.39, 0.29) is 11.2 Å². The van der Waals surface area contributed by atoms with Gasteiger partial charge in [0.1, 0.15) is 5.76 Å². The predicted molar refractivity (Wildman–Crippen MR) is 82.3 cm³/mol. The third-order valence-electron chi connectivity index (χ3n) is 2.58. The van der Waals surface area contributed by atoms with Crippen molar-refractivity contribution in [2.24, 2.45) is 0 Å². The summed E-state index contributed by atoms with van der Waals surface area (Å²) in [5.74, 6) is 0.638. The van der Waals surface area contributed by atoms with E-state index in [4.69, 9.17) is 27.6 Å². The van der Waals surface area contributed by atoms with E-state index in [1.165, 1.54) is 11.8 Å². The van der Waals surface area contributed by atoms with E-state index in [9.17, 15) is 4.79 Å². The van der Waals surface area contributed by atoms with E-state index in [1.54, 1.807) is 30.5 Å². The lowest BCUT2D eigenvalue weighted by molar-refractivity contribution is -0.120. The Balaban J connectivity index is 1.92. The molecular formula is C14H13Cl2NO2S. The first kappa shape index (κ1) is 15.3. The number of hydrogen-bond acceptors (Lipinski definition) is 3. The highest BCUT2D eigenvalue weighted by Crippen LogP contribution is 2.32. The first-order valence-electron chi connectivity index (χ1n) is 5.98. The molecule has 0 aliphatic heterocycles. The van der Waals surface area contributed by atoms with Gasteiger partial charge in [-0.25, -0.2) is 0 Å². The number of halogens is 2. The topological polar surface area (TPSA) is 42.2 Å². The van der Waals surface area contributed by atoms with Gasteiger partial charge in [-0.2, -0.15) is 0 Å². The number of amides is 1. The van der Waals surface area contributed by atoms with Gasteiger partial charge in [0.05, 0.1) is 23.1 Å². The summed E-state index contributed by atoms with van der Waals surface area (Å²) < 4.78 is 5.16. The average molecular weight is 330 g/mol. The number of benzene rings is 1. The van der Waals surface area contributed by atoms with E-state index >= 15 is 0 Å². The molecule has 2 aromatic rings. The van der Waals surface area contributed by atoms with Gasteiger partial charge in [-0.1, -0.05) is 23.2 Å². The van der Waals surface area contributed by atoms with Crippen molar-refractivity contribution in [3.8, 4) is 0 Å². The molecule has 3 nitrogen and oxygen atoms in total. The van der Waals surface area contributed by atoms with Gasteiger partial charge in [0.2, 0.25) is 5.91 Å². The minimum atomic E-state index is -0.277. The molecule has 1 aromatic heterocycles. The molecule has 0 saturated carbocycles. The first-order valence-corrected chi connectivity index (χ1v) is 7.61. The summed E-state index contributed by atoms with van der Waals surface area (Å²) in [7, 11) is 0. The molecular weight excluding hydrogens is 317 g/mol. The van der Waals surface area contributed by atoms with Crippen molar-refractivity contribution in [3.63, 3.8) is 0 Å². The molecule has 1 amide bonds. The van der Waals surface area contributed by atoms with Crippen LogP contribution in [0.2, 0.25) is 10.0 Å². The largest absolute Gasteiger partial charge is 0.467 e. The first-order chi connectivity index (χ1) is 9.56. The molecule has 6 heteroatoms. The summed E-state index contributed by atoms with van der Waals surface area (Å²) in [5, 5.41) is 3.72. The van der Waals surface area contributed by atoms with Gasteiger partial charge in [-0.15, -0.1) is 11.8 Å². The van der Waals surface area contributed by atoms with E-state index in [1.807, 2.05) is 13.0 Å². The van der Waals surface area contributed by atoms with Crippen molar-refractivity contribution < 1.29 is 9.21 Å². The number of nitrogens with one attached hydrogen (secondary N) is 1. The van der Waals surface area contributed by atoms with Crippen LogP contribution in [0.3, 0.4) is 0 Å². The molecule has 0 unspecified atom stereocenters. The number of furan rings is 1. The maximum absolute atomic E-state index is 12.0. The lowest BCUT2D eigenvalue weighted by Gasteiger charge is -2.12. The fourth-order valence-corrected chi connectivity index (χ4v) is 2.98. The number of carbonyl (C=O) groups is 1. The third kappa shape index (κ3) is 4.20. The summed E-state index contributed by atoms with van der Waals surface area (Å²) in [4.78, 5) is 12.8. The molecule has 0 aliphatic rings. The molecule has 1 heterocycles. The Bertz CT molecular complexity index is 587. The van der Waals surface area contributed by atoms with Crippen LogP contribution in [-0.2, 0) is 11.3 Å². The number of carbonyl (C=O) groups excluding carboxylic acids is 1. The van der Waals surface area contributed by atoms with Crippen LogP contribution in [0.25, 0.3) is 0 Å². The standard InChI is InChI=1S/C14H13Cl2NO2S/c1-9(14(18)17-8-11-3-2-6-19-11)20-13-7-10(15)4-5-12(13)16/h2-7,9H,8H2,1H3,(H,17,18)/t9-/m0/s1. The van der Waals surface area contributed by atoms with Crippen LogP contribution < -0.4 is 5.32 Å². The highest BCUT2D eigenvalue weighted by Gasteiger charge is 2.16. The Hall–Kier alpha value is -1.10. The maximum atomic E-state index is 12.0. The minimum absolute atomic E-state index is 0.0811.